The van der Waals surface area contributed by atoms with Crippen LogP contribution in [0.25, 0.3) is 0 Å². The maximum absolute atomic E-state index is 13.9. The summed E-state index contributed by atoms with van der Waals surface area (Å²) in [6.07, 6.45) is 0.903. The Hall–Kier alpha value is -1.55. The monoisotopic (exact) mass is 336 g/mol. The van der Waals surface area contributed by atoms with Gasteiger partial charge in [-0.15, -0.1) is 0 Å². The second kappa shape index (κ2) is 5.44. The summed E-state index contributed by atoms with van der Waals surface area (Å²) in [4.78, 5) is 0. The molecule has 0 spiro atoms. The minimum absolute atomic E-state index is 0.275. The van der Waals surface area contributed by atoms with Crippen LogP contribution in [0.2, 0.25) is 0 Å². The van der Waals surface area contributed by atoms with E-state index in [0.717, 1.165) is 22.2 Å². The van der Waals surface area contributed by atoms with E-state index in [1.165, 1.54) is 5.56 Å². The Balaban J connectivity index is 1.84. The summed E-state index contributed by atoms with van der Waals surface area (Å²) in [5.74, 6) is 0.845. The van der Waals surface area contributed by atoms with Gasteiger partial charge in [0.05, 0.1) is 6.61 Å². The summed E-state index contributed by atoms with van der Waals surface area (Å²) < 4.78 is 26.1. The van der Waals surface area contributed by atoms with Gasteiger partial charge >= 0.3 is 0 Å². The Morgan fingerprint density at radius 1 is 1.35 bits per heavy atom. The minimum atomic E-state index is -0.305. The maximum Gasteiger partial charge on any atom is 0.167 e. The van der Waals surface area contributed by atoms with E-state index < -0.39 is 0 Å². The van der Waals surface area contributed by atoms with Crippen LogP contribution in [-0.2, 0) is 13.0 Å². The van der Waals surface area contributed by atoms with Crippen molar-refractivity contribution in [1.82, 2.24) is 0 Å². The SMILES string of the molecule is Cc1cccc(OCc2cc(Br)cc3c2OCC3)c1F. The Labute approximate surface area is 125 Å². The van der Waals surface area contributed by atoms with Gasteiger partial charge in [0.25, 0.3) is 0 Å². The number of rotatable bonds is 3. The fourth-order valence-electron chi connectivity index (χ4n) is 2.34. The molecule has 0 unspecified atom stereocenters. The van der Waals surface area contributed by atoms with Gasteiger partial charge in [-0.1, -0.05) is 28.1 Å². The highest BCUT2D eigenvalue weighted by Gasteiger charge is 2.18. The van der Waals surface area contributed by atoms with Crippen molar-refractivity contribution in [2.24, 2.45) is 0 Å². The average molecular weight is 337 g/mol. The van der Waals surface area contributed by atoms with Crippen molar-refractivity contribution in [1.29, 1.82) is 0 Å². The molecule has 0 atom stereocenters. The fourth-order valence-corrected chi connectivity index (χ4v) is 2.89. The molecule has 104 valence electrons. The molecular formula is C16H14BrFO2. The van der Waals surface area contributed by atoms with Crippen LogP contribution < -0.4 is 9.47 Å². The topological polar surface area (TPSA) is 18.5 Å². The van der Waals surface area contributed by atoms with Crippen molar-refractivity contribution < 1.29 is 13.9 Å². The molecular weight excluding hydrogens is 323 g/mol. The Morgan fingerprint density at radius 3 is 3.05 bits per heavy atom. The van der Waals surface area contributed by atoms with Crippen molar-refractivity contribution in [2.75, 3.05) is 6.61 Å². The van der Waals surface area contributed by atoms with Crippen LogP contribution in [0.4, 0.5) is 4.39 Å². The molecule has 1 aliphatic rings. The van der Waals surface area contributed by atoms with Gasteiger partial charge in [-0.05, 0) is 36.2 Å². The predicted octanol–water partition coefficient (Wildman–Crippen LogP) is 4.41. The molecule has 3 rings (SSSR count). The number of hydrogen-bond acceptors (Lipinski definition) is 2. The van der Waals surface area contributed by atoms with E-state index in [0.29, 0.717) is 18.8 Å². The molecule has 0 saturated heterocycles. The van der Waals surface area contributed by atoms with Gasteiger partial charge in [-0.2, -0.15) is 0 Å². The summed E-state index contributed by atoms with van der Waals surface area (Å²) in [5.41, 5.74) is 2.69. The summed E-state index contributed by atoms with van der Waals surface area (Å²) in [7, 11) is 0. The van der Waals surface area contributed by atoms with Crippen LogP contribution in [0, 0.1) is 12.7 Å². The van der Waals surface area contributed by atoms with E-state index in [1.807, 2.05) is 6.07 Å². The lowest BCUT2D eigenvalue weighted by Gasteiger charge is -2.12. The molecule has 2 aromatic carbocycles. The number of benzene rings is 2. The zero-order valence-electron chi connectivity index (χ0n) is 11.1. The van der Waals surface area contributed by atoms with Crippen LogP contribution in [-0.4, -0.2) is 6.61 Å². The zero-order valence-corrected chi connectivity index (χ0v) is 12.7. The first kappa shape index (κ1) is 13.4. The van der Waals surface area contributed by atoms with Crippen molar-refractivity contribution in [3.63, 3.8) is 0 Å². The lowest BCUT2D eigenvalue weighted by atomic mass is 10.1. The molecule has 2 aromatic rings. The highest BCUT2D eigenvalue weighted by atomic mass is 79.9. The number of hydrogen-bond donors (Lipinski definition) is 0. The third-order valence-corrected chi connectivity index (χ3v) is 3.82. The molecule has 0 fully saturated rings. The lowest BCUT2D eigenvalue weighted by molar-refractivity contribution is 0.279. The van der Waals surface area contributed by atoms with Crippen LogP contribution in [0.1, 0.15) is 16.7 Å². The molecule has 0 bridgehead atoms. The largest absolute Gasteiger partial charge is 0.493 e. The van der Waals surface area contributed by atoms with Gasteiger partial charge in [0.2, 0.25) is 0 Å². The van der Waals surface area contributed by atoms with Crippen molar-refractivity contribution in [3.8, 4) is 11.5 Å². The van der Waals surface area contributed by atoms with E-state index >= 15 is 0 Å². The van der Waals surface area contributed by atoms with E-state index in [-0.39, 0.29) is 11.6 Å². The van der Waals surface area contributed by atoms with Crippen LogP contribution in [0.15, 0.2) is 34.8 Å². The number of halogens is 2. The van der Waals surface area contributed by atoms with Gasteiger partial charge < -0.3 is 9.47 Å². The molecule has 1 aliphatic heterocycles. The number of ether oxygens (including phenoxy) is 2. The molecule has 2 nitrogen and oxygen atoms in total. The summed E-state index contributed by atoms with van der Waals surface area (Å²) in [5, 5.41) is 0. The third kappa shape index (κ3) is 2.52. The maximum atomic E-state index is 13.9. The molecule has 4 heteroatoms. The van der Waals surface area contributed by atoms with Gasteiger partial charge in [0.1, 0.15) is 12.4 Å². The summed E-state index contributed by atoms with van der Waals surface area (Å²) in [6.45, 7) is 2.71. The van der Waals surface area contributed by atoms with Gasteiger partial charge in [-0.25, -0.2) is 4.39 Å². The zero-order chi connectivity index (χ0) is 14.1. The highest BCUT2D eigenvalue weighted by molar-refractivity contribution is 9.10. The van der Waals surface area contributed by atoms with Crippen LogP contribution in [0.5, 0.6) is 11.5 Å². The Kier molecular flexibility index (Phi) is 3.66. The average Bonchev–Trinajstić information content (AvgIpc) is 2.88. The first-order chi connectivity index (χ1) is 9.65. The minimum Gasteiger partial charge on any atom is -0.493 e. The molecule has 0 amide bonds. The van der Waals surface area contributed by atoms with Crippen molar-refractivity contribution in [2.45, 2.75) is 20.0 Å². The molecule has 0 N–H and O–H groups in total. The Morgan fingerprint density at radius 2 is 2.20 bits per heavy atom. The standard InChI is InChI=1S/C16H14BrFO2/c1-10-3-2-4-14(15(10)18)20-9-12-8-13(17)7-11-5-6-19-16(11)12/h2-4,7-8H,5-6,9H2,1H3. The van der Waals surface area contributed by atoms with E-state index in [2.05, 4.69) is 22.0 Å². The quantitative estimate of drug-likeness (QED) is 0.826. The van der Waals surface area contributed by atoms with E-state index in [4.69, 9.17) is 9.47 Å². The fraction of sp³-hybridized carbons (Fsp3) is 0.250. The van der Waals surface area contributed by atoms with Gasteiger partial charge in [0, 0.05) is 16.5 Å². The van der Waals surface area contributed by atoms with Crippen molar-refractivity contribution >= 4 is 15.9 Å². The lowest BCUT2D eigenvalue weighted by Crippen LogP contribution is -2.01. The summed E-state index contributed by atoms with van der Waals surface area (Å²) in [6, 6.07) is 9.16. The van der Waals surface area contributed by atoms with E-state index in [9.17, 15) is 4.39 Å². The number of fused-ring (bicyclic) bond motifs is 1. The third-order valence-electron chi connectivity index (χ3n) is 3.36. The first-order valence-corrected chi connectivity index (χ1v) is 7.26. The second-order valence-electron chi connectivity index (χ2n) is 4.83. The molecule has 20 heavy (non-hydrogen) atoms. The molecule has 1 heterocycles. The molecule has 0 aromatic heterocycles. The van der Waals surface area contributed by atoms with Crippen LogP contribution >= 0.6 is 15.9 Å². The predicted molar refractivity (Wildman–Crippen MR) is 78.8 cm³/mol. The van der Waals surface area contributed by atoms with Gasteiger partial charge in [-0.3, -0.25) is 0 Å². The highest BCUT2D eigenvalue weighted by Crippen LogP contribution is 2.34. The van der Waals surface area contributed by atoms with Gasteiger partial charge in [0.15, 0.2) is 11.6 Å². The Bertz CT molecular complexity index is 655. The second-order valence-corrected chi connectivity index (χ2v) is 5.74. The van der Waals surface area contributed by atoms with Crippen molar-refractivity contribution in [3.05, 3.63) is 57.3 Å². The normalized spacial score (nSPS) is 12.9. The smallest absolute Gasteiger partial charge is 0.167 e. The molecule has 0 radical (unpaired) electrons. The van der Waals surface area contributed by atoms with E-state index in [1.54, 1.807) is 25.1 Å². The van der Waals surface area contributed by atoms with Crippen LogP contribution in [0.3, 0.4) is 0 Å². The summed E-state index contributed by atoms with van der Waals surface area (Å²) >= 11 is 3.48. The first-order valence-electron chi connectivity index (χ1n) is 6.47. The number of aryl methyl sites for hydroxylation is 1. The molecule has 0 saturated carbocycles. The molecule has 0 aliphatic carbocycles.